The Hall–Kier alpha value is -2.67. The highest BCUT2D eigenvalue weighted by Gasteiger charge is 2.25. The van der Waals surface area contributed by atoms with Gasteiger partial charge in [-0.15, -0.1) is 0 Å². The predicted octanol–water partition coefficient (Wildman–Crippen LogP) is 3.53. The number of hydrogen-bond donors (Lipinski definition) is 1. The van der Waals surface area contributed by atoms with Crippen LogP contribution in [0.3, 0.4) is 0 Å². The average Bonchev–Trinajstić information content (AvgIpc) is 2.99. The van der Waals surface area contributed by atoms with Gasteiger partial charge in [-0.1, -0.05) is 18.2 Å². The third-order valence-electron chi connectivity index (χ3n) is 5.53. The van der Waals surface area contributed by atoms with Crippen molar-refractivity contribution in [3.05, 3.63) is 64.5 Å². The molecule has 0 bridgehead atoms. The summed E-state index contributed by atoms with van der Waals surface area (Å²) in [6.07, 6.45) is 4.78. The summed E-state index contributed by atoms with van der Waals surface area (Å²) in [5.41, 5.74) is 2.74. The molecule has 1 saturated heterocycles. The number of nitrogens with one attached hydrogen (secondary N) is 1. The Morgan fingerprint density at radius 1 is 1.14 bits per heavy atom. The number of fused-ring (bicyclic) bond motifs is 1. The van der Waals surface area contributed by atoms with Crippen LogP contribution in [0.1, 0.15) is 28.9 Å². The van der Waals surface area contributed by atoms with Gasteiger partial charge in [0, 0.05) is 58.2 Å². The molecule has 6 nitrogen and oxygen atoms in total. The number of likely N-dealkylation sites (tertiary alicyclic amines) is 1. The first-order valence-electron chi connectivity index (χ1n) is 9.76. The summed E-state index contributed by atoms with van der Waals surface area (Å²) in [4.78, 5) is 31.0. The van der Waals surface area contributed by atoms with E-state index in [-0.39, 0.29) is 24.4 Å². The van der Waals surface area contributed by atoms with E-state index in [0.717, 1.165) is 33.9 Å². The van der Waals surface area contributed by atoms with E-state index in [1.54, 1.807) is 24.5 Å². The van der Waals surface area contributed by atoms with E-state index in [2.05, 4.69) is 32.3 Å². The van der Waals surface area contributed by atoms with Gasteiger partial charge in [0.05, 0.1) is 0 Å². The Morgan fingerprint density at radius 3 is 2.55 bits per heavy atom. The molecular formula is C22H23BrN4O2. The minimum absolute atomic E-state index is 0.000244. The van der Waals surface area contributed by atoms with E-state index in [1.165, 1.54) is 0 Å². The quantitative estimate of drug-likeness (QED) is 0.655. The van der Waals surface area contributed by atoms with Gasteiger partial charge in [0.2, 0.25) is 5.91 Å². The van der Waals surface area contributed by atoms with Crippen molar-refractivity contribution in [1.29, 1.82) is 0 Å². The highest BCUT2D eigenvalue weighted by molar-refractivity contribution is 9.10. The topological polar surface area (TPSA) is 67.2 Å². The Kier molecular flexibility index (Phi) is 5.67. The predicted molar refractivity (Wildman–Crippen MR) is 116 cm³/mol. The minimum atomic E-state index is 0.000244. The number of carbonyl (C=O) groups is 2. The van der Waals surface area contributed by atoms with Crippen molar-refractivity contribution < 1.29 is 9.59 Å². The van der Waals surface area contributed by atoms with Crippen LogP contribution in [0.4, 0.5) is 0 Å². The summed E-state index contributed by atoms with van der Waals surface area (Å²) >= 11 is 3.64. The zero-order chi connectivity index (χ0) is 20.4. The molecule has 150 valence electrons. The maximum absolute atomic E-state index is 12.7. The second kappa shape index (κ2) is 8.37. The number of para-hydroxylation sites is 1. The summed E-state index contributed by atoms with van der Waals surface area (Å²) in [5, 5.41) is 4.26. The van der Waals surface area contributed by atoms with Crippen molar-refractivity contribution in [2.24, 2.45) is 0 Å². The van der Waals surface area contributed by atoms with Crippen molar-refractivity contribution in [2.75, 3.05) is 13.1 Å². The second-order valence-electron chi connectivity index (χ2n) is 7.37. The first-order valence-corrected chi connectivity index (χ1v) is 10.6. The fraction of sp³-hybridized carbons (Fsp3) is 0.318. The van der Waals surface area contributed by atoms with Gasteiger partial charge >= 0.3 is 0 Å². The Labute approximate surface area is 178 Å². The number of carbonyl (C=O) groups excluding carboxylic acids is 2. The lowest BCUT2D eigenvalue weighted by Crippen LogP contribution is -2.47. The molecule has 0 saturated carbocycles. The Bertz CT molecular complexity index is 1040. The van der Waals surface area contributed by atoms with E-state index >= 15 is 0 Å². The number of aromatic nitrogens is 2. The van der Waals surface area contributed by atoms with E-state index in [9.17, 15) is 9.59 Å². The molecule has 1 aromatic carbocycles. The number of piperidine rings is 1. The molecule has 7 heteroatoms. The van der Waals surface area contributed by atoms with Crippen molar-refractivity contribution in [3.63, 3.8) is 0 Å². The molecule has 1 fully saturated rings. The molecule has 1 N–H and O–H groups in total. The number of nitrogens with zero attached hydrogens (tertiary/aromatic N) is 3. The van der Waals surface area contributed by atoms with Crippen molar-refractivity contribution >= 4 is 38.6 Å². The molecule has 29 heavy (non-hydrogen) atoms. The van der Waals surface area contributed by atoms with Gasteiger partial charge in [-0.3, -0.25) is 14.6 Å². The molecular weight excluding hydrogens is 432 g/mol. The van der Waals surface area contributed by atoms with Crippen LogP contribution in [0.25, 0.3) is 10.9 Å². The highest BCUT2D eigenvalue weighted by Crippen LogP contribution is 2.30. The van der Waals surface area contributed by atoms with Gasteiger partial charge in [0.15, 0.2) is 0 Å². The first kappa shape index (κ1) is 19.6. The summed E-state index contributed by atoms with van der Waals surface area (Å²) in [6.45, 7) is 3.58. The summed E-state index contributed by atoms with van der Waals surface area (Å²) in [7, 11) is 0. The largest absolute Gasteiger partial charge is 0.352 e. The zero-order valence-corrected chi connectivity index (χ0v) is 17.9. The van der Waals surface area contributed by atoms with Gasteiger partial charge in [0.1, 0.15) is 6.54 Å². The highest BCUT2D eigenvalue weighted by atomic mass is 79.9. The fourth-order valence-corrected chi connectivity index (χ4v) is 4.46. The third kappa shape index (κ3) is 4.05. The number of halogens is 1. The van der Waals surface area contributed by atoms with Crippen molar-refractivity contribution in [2.45, 2.75) is 32.4 Å². The summed E-state index contributed by atoms with van der Waals surface area (Å²) in [6, 6.07) is 11.6. The molecule has 1 aliphatic heterocycles. The molecule has 2 amide bonds. The van der Waals surface area contributed by atoms with Gasteiger partial charge in [-0.05, 0) is 53.9 Å². The van der Waals surface area contributed by atoms with Crippen LogP contribution in [-0.4, -0.2) is 45.4 Å². The molecule has 3 aromatic rings. The molecule has 0 spiro atoms. The van der Waals surface area contributed by atoms with Crippen LogP contribution in [0, 0.1) is 6.92 Å². The molecule has 2 aromatic heterocycles. The van der Waals surface area contributed by atoms with Crippen LogP contribution in [0.2, 0.25) is 0 Å². The third-order valence-corrected chi connectivity index (χ3v) is 6.53. The number of amides is 2. The van der Waals surface area contributed by atoms with Crippen molar-refractivity contribution in [1.82, 2.24) is 19.8 Å². The monoisotopic (exact) mass is 454 g/mol. The molecule has 0 unspecified atom stereocenters. The van der Waals surface area contributed by atoms with Crippen LogP contribution in [0.15, 0.2) is 53.3 Å². The summed E-state index contributed by atoms with van der Waals surface area (Å²) in [5.74, 6) is 0.0247. The van der Waals surface area contributed by atoms with Gasteiger partial charge in [-0.25, -0.2) is 0 Å². The zero-order valence-electron chi connectivity index (χ0n) is 16.3. The lowest BCUT2D eigenvalue weighted by Gasteiger charge is -2.32. The average molecular weight is 455 g/mol. The fourth-order valence-electron chi connectivity index (χ4n) is 3.91. The SMILES string of the molecule is Cc1c(Br)c2ccccc2n1CC(=O)NC1CCN(C(=O)c2ccncc2)CC1. The first-order chi connectivity index (χ1) is 14.0. The molecule has 4 rings (SSSR count). The Morgan fingerprint density at radius 2 is 1.83 bits per heavy atom. The number of hydrogen-bond acceptors (Lipinski definition) is 3. The van der Waals surface area contributed by atoms with E-state index < -0.39 is 0 Å². The number of pyridine rings is 1. The van der Waals surface area contributed by atoms with E-state index in [4.69, 9.17) is 0 Å². The smallest absolute Gasteiger partial charge is 0.253 e. The molecule has 0 radical (unpaired) electrons. The normalized spacial score (nSPS) is 14.9. The molecule has 3 heterocycles. The molecule has 1 aliphatic rings. The van der Waals surface area contributed by atoms with Crippen LogP contribution >= 0.6 is 15.9 Å². The van der Waals surface area contributed by atoms with Gasteiger partial charge in [-0.2, -0.15) is 0 Å². The number of benzene rings is 1. The van der Waals surface area contributed by atoms with E-state index in [1.807, 2.05) is 34.6 Å². The van der Waals surface area contributed by atoms with Gasteiger partial charge in [0.25, 0.3) is 5.91 Å². The Balaban J connectivity index is 1.35. The van der Waals surface area contributed by atoms with E-state index in [0.29, 0.717) is 18.7 Å². The number of rotatable bonds is 4. The maximum Gasteiger partial charge on any atom is 0.253 e. The molecule has 0 aliphatic carbocycles. The van der Waals surface area contributed by atoms with Gasteiger partial charge < -0.3 is 14.8 Å². The lowest BCUT2D eigenvalue weighted by molar-refractivity contribution is -0.122. The van der Waals surface area contributed by atoms with Crippen molar-refractivity contribution in [3.8, 4) is 0 Å². The standard InChI is InChI=1S/C22H23BrN4O2/c1-15-21(23)18-4-2-3-5-19(18)27(15)14-20(28)25-17-8-12-26(13-9-17)22(29)16-6-10-24-11-7-16/h2-7,10-11,17H,8-9,12-14H2,1H3,(H,25,28). The van der Waals surface area contributed by atoms with Crippen LogP contribution in [0.5, 0.6) is 0 Å². The maximum atomic E-state index is 12.7. The lowest BCUT2D eigenvalue weighted by atomic mass is 10.0. The van der Waals surface area contributed by atoms with Crippen LogP contribution < -0.4 is 5.32 Å². The second-order valence-corrected chi connectivity index (χ2v) is 8.17. The minimum Gasteiger partial charge on any atom is -0.352 e. The summed E-state index contributed by atoms with van der Waals surface area (Å²) < 4.78 is 3.07. The molecule has 0 atom stereocenters. The van der Waals surface area contributed by atoms with Crippen LogP contribution in [-0.2, 0) is 11.3 Å².